The average molecular weight is 385 g/mol. The van der Waals surface area contributed by atoms with E-state index < -0.39 is 0 Å². The van der Waals surface area contributed by atoms with E-state index in [0.717, 1.165) is 48.9 Å². The third-order valence-corrected chi connectivity index (χ3v) is 4.00. The lowest BCUT2D eigenvalue weighted by molar-refractivity contribution is 0.0453. The first-order chi connectivity index (χ1) is 13.8. The number of aliphatic imine (C=N–C) groups is 1. The predicted molar refractivity (Wildman–Crippen MR) is 113 cm³/mol. The normalized spacial score (nSPS) is 11.4. The highest BCUT2D eigenvalue weighted by atomic mass is 16.5. The second-order valence-corrected chi connectivity index (χ2v) is 6.26. The Morgan fingerprint density at radius 1 is 1.00 bits per heavy atom. The van der Waals surface area contributed by atoms with E-state index in [0.29, 0.717) is 26.4 Å². The molecular formula is C22H32N4O2. The van der Waals surface area contributed by atoms with Gasteiger partial charge in [0.15, 0.2) is 5.96 Å². The summed E-state index contributed by atoms with van der Waals surface area (Å²) in [6, 6.07) is 14.3. The van der Waals surface area contributed by atoms with Crippen LogP contribution >= 0.6 is 0 Å². The van der Waals surface area contributed by atoms with Crippen LogP contribution in [0.5, 0.6) is 0 Å². The van der Waals surface area contributed by atoms with Gasteiger partial charge in [-0.3, -0.25) is 4.98 Å². The lowest BCUT2D eigenvalue weighted by Gasteiger charge is -2.11. The van der Waals surface area contributed by atoms with Crippen LogP contribution in [0, 0.1) is 0 Å². The number of aromatic nitrogens is 1. The van der Waals surface area contributed by atoms with Gasteiger partial charge in [0, 0.05) is 38.0 Å². The maximum Gasteiger partial charge on any atom is 0.191 e. The Morgan fingerprint density at radius 2 is 1.86 bits per heavy atom. The molecule has 0 aliphatic carbocycles. The number of rotatable bonds is 12. The molecule has 0 bridgehead atoms. The molecule has 0 aliphatic rings. The van der Waals surface area contributed by atoms with Crippen molar-refractivity contribution in [2.45, 2.75) is 33.4 Å². The number of pyridine rings is 1. The first kappa shape index (κ1) is 21.9. The topological polar surface area (TPSA) is 67.8 Å². The highest BCUT2D eigenvalue weighted by Crippen LogP contribution is 2.08. The van der Waals surface area contributed by atoms with Gasteiger partial charge in [0.05, 0.1) is 26.4 Å². The van der Waals surface area contributed by atoms with Crippen LogP contribution in [0.3, 0.4) is 0 Å². The zero-order chi connectivity index (χ0) is 19.9. The van der Waals surface area contributed by atoms with E-state index in [9.17, 15) is 0 Å². The van der Waals surface area contributed by atoms with Crippen LogP contribution in [0.15, 0.2) is 53.7 Å². The Bertz CT molecular complexity index is 692. The average Bonchev–Trinajstić information content (AvgIpc) is 2.73. The number of guanidine groups is 1. The lowest BCUT2D eigenvalue weighted by atomic mass is 10.1. The van der Waals surface area contributed by atoms with E-state index >= 15 is 0 Å². The lowest BCUT2D eigenvalue weighted by Crippen LogP contribution is -2.38. The van der Waals surface area contributed by atoms with Crippen molar-refractivity contribution in [3.8, 4) is 0 Å². The first-order valence-corrected chi connectivity index (χ1v) is 9.97. The zero-order valence-corrected chi connectivity index (χ0v) is 17.0. The van der Waals surface area contributed by atoms with E-state index in [1.807, 2.05) is 37.4 Å². The molecule has 6 heteroatoms. The van der Waals surface area contributed by atoms with Crippen LogP contribution in [0.4, 0.5) is 0 Å². The number of benzene rings is 1. The molecule has 1 aromatic carbocycles. The van der Waals surface area contributed by atoms with E-state index in [-0.39, 0.29) is 0 Å². The number of nitrogens with zero attached hydrogens (tertiary/aromatic N) is 2. The van der Waals surface area contributed by atoms with E-state index in [1.165, 1.54) is 0 Å². The molecular weight excluding hydrogens is 352 g/mol. The molecule has 6 nitrogen and oxygen atoms in total. The first-order valence-electron chi connectivity index (χ1n) is 9.97. The van der Waals surface area contributed by atoms with Crippen molar-refractivity contribution in [2.24, 2.45) is 4.99 Å². The van der Waals surface area contributed by atoms with Crippen molar-refractivity contribution in [2.75, 3.05) is 32.9 Å². The summed E-state index contributed by atoms with van der Waals surface area (Å²) in [7, 11) is 0. The molecule has 2 aromatic rings. The smallest absolute Gasteiger partial charge is 0.191 e. The molecule has 0 saturated carbocycles. The molecule has 0 fully saturated rings. The molecule has 0 atom stereocenters. The Labute approximate surface area is 168 Å². The molecule has 152 valence electrons. The molecule has 2 rings (SSSR count). The highest BCUT2D eigenvalue weighted by molar-refractivity contribution is 5.79. The number of hydrogen-bond acceptors (Lipinski definition) is 4. The molecule has 0 spiro atoms. The number of hydrogen-bond donors (Lipinski definition) is 2. The summed E-state index contributed by atoms with van der Waals surface area (Å²) >= 11 is 0. The van der Waals surface area contributed by atoms with Crippen LogP contribution < -0.4 is 10.6 Å². The van der Waals surface area contributed by atoms with Gasteiger partial charge in [-0.2, -0.15) is 0 Å². The van der Waals surface area contributed by atoms with Gasteiger partial charge in [0.2, 0.25) is 0 Å². The predicted octanol–water partition coefficient (Wildman–Crippen LogP) is 2.93. The molecule has 28 heavy (non-hydrogen) atoms. The number of ether oxygens (including phenoxy) is 2. The molecule has 2 N–H and O–H groups in total. The third kappa shape index (κ3) is 8.97. The molecule has 1 aromatic heterocycles. The van der Waals surface area contributed by atoms with Gasteiger partial charge in [-0.25, -0.2) is 4.99 Å². The second-order valence-electron chi connectivity index (χ2n) is 6.26. The molecule has 0 unspecified atom stereocenters. The molecule has 0 saturated heterocycles. The third-order valence-electron chi connectivity index (χ3n) is 4.00. The van der Waals surface area contributed by atoms with Crippen LogP contribution in [-0.4, -0.2) is 43.9 Å². The zero-order valence-electron chi connectivity index (χ0n) is 17.0. The summed E-state index contributed by atoms with van der Waals surface area (Å²) in [5.41, 5.74) is 3.38. The fourth-order valence-electron chi connectivity index (χ4n) is 2.64. The van der Waals surface area contributed by atoms with Gasteiger partial charge in [-0.1, -0.05) is 30.3 Å². The minimum Gasteiger partial charge on any atom is -0.379 e. The Kier molecular flexibility index (Phi) is 10.7. The quantitative estimate of drug-likeness (QED) is 0.335. The Hall–Kier alpha value is -2.44. The van der Waals surface area contributed by atoms with Crippen molar-refractivity contribution < 1.29 is 9.47 Å². The van der Waals surface area contributed by atoms with Gasteiger partial charge >= 0.3 is 0 Å². The van der Waals surface area contributed by atoms with Crippen molar-refractivity contribution in [3.05, 3.63) is 65.5 Å². The maximum absolute atomic E-state index is 5.64. The fraction of sp³-hybridized carbons (Fsp3) is 0.455. The fourth-order valence-corrected chi connectivity index (χ4v) is 2.64. The largest absolute Gasteiger partial charge is 0.379 e. The summed E-state index contributed by atoms with van der Waals surface area (Å²) in [5.74, 6) is 0.816. The molecule has 1 heterocycles. The van der Waals surface area contributed by atoms with Gasteiger partial charge in [0.1, 0.15) is 0 Å². The summed E-state index contributed by atoms with van der Waals surface area (Å²) in [6.45, 7) is 8.84. The summed E-state index contributed by atoms with van der Waals surface area (Å²) in [6.07, 6.45) is 2.68. The van der Waals surface area contributed by atoms with E-state index in [1.54, 1.807) is 0 Å². The standard InChI is InChI=1S/C22H32N4O2/c1-3-23-22(25-13-11-21-10-5-6-12-24-21)26-17-19-8-7-9-20(16-19)18-28-15-14-27-4-2/h5-10,12,16H,3-4,11,13-15,17-18H2,1-2H3,(H2,23,25,26). The molecule has 0 radical (unpaired) electrons. The van der Waals surface area contributed by atoms with Gasteiger partial charge in [-0.05, 0) is 37.1 Å². The van der Waals surface area contributed by atoms with Crippen molar-refractivity contribution in [1.82, 2.24) is 15.6 Å². The minimum absolute atomic E-state index is 0.590. The Morgan fingerprint density at radius 3 is 2.64 bits per heavy atom. The van der Waals surface area contributed by atoms with Crippen LogP contribution in [0.25, 0.3) is 0 Å². The molecule has 0 aliphatic heterocycles. The SMILES string of the molecule is CCNC(=NCc1cccc(COCCOCC)c1)NCCc1ccccn1. The highest BCUT2D eigenvalue weighted by Gasteiger charge is 2.00. The second kappa shape index (κ2) is 13.7. The van der Waals surface area contributed by atoms with Crippen LogP contribution in [0.1, 0.15) is 30.7 Å². The van der Waals surface area contributed by atoms with Crippen LogP contribution in [0.2, 0.25) is 0 Å². The van der Waals surface area contributed by atoms with Crippen molar-refractivity contribution in [1.29, 1.82) is 0 Å². The van der Waals surface area contributed by atoms with E-state index in [2.05, 4.69) is 40.7 Å². The summed E-state index contributed by atoms with van der Waals surface area (Å²) < 4.78 is 10.9. The van der Waals surface area contributed by atoms with Gasteiger partial charge < -0.3 is 20.1 Å². The monoisotopic (exact) mass is 384 g/mol. The molecule has 0 amide bonds. The maximum atomic E-state index is 5.64. The Balaban J connectivity index is 1.81. The van der Waals surface area contributed by atoms with E-state index in [4.69, 9.17) is 14.5 Å². The summed E-state index contributed by atoms with van der Waals surface area (Å²) in [4.78, 5) is 9.04. The van der Waals surface area contributed by atoms with Crippen molar-refractivity contribution >= 4 is 5.96 Å². The van der Waals surface area contributed by atoms with Crippen molar-refractivity contribution in [3.63, 3.8) is 0 Å². The summed E-state index contributed by atoms with van der Waals surface area (Å²) in [5, 5.41) is 6.66. The van der Waals surface area contributed by atoms with Gasteiger partial charge in [-0.15, -0.1) is 0 Å². The number of nitrogens with one attached hydrogen (secondary N) is 2. The van der Waals surface area contributed by atoms with Gasteiger partial charge in [0.25, 0.3) is 0 Å². The van der Waals surface area contributed by atoms with Crippen LogP contribution in [-0.2, 0) is 29.0 Å². The minimum atomic E-state index is 0.590.